The predicted octanol–water partition coefficient (Wildman–Crippen LogP) is 0.833. The first-order valence-electron chi connectivity index (χ1n) is 4.29. The highest BCUT2D eigenvalue weighted by molar-refractivity contribution is 5.73. The summed E-state index contributed by atoms with van der Waals surface area (Å²) in [6.07, 6.45) is 0.407. The largest absolute Gasteiger partial charge is 0.480 e. The van der Waals surface area contributed by atoms with Gasteiger partial charge in [-0.2, -0.15) is 5.48 Å². The van der Waals surface area contributed by atoms with E-state index in [2.05, 4.69) is 10.3 Å². The van der Waals surface area contributed by atoms with E-state index in [9.17, 15) is 4.79 Å². The van der Waals surface area contributed by atoms with E-state index in [0.717, 1.165) is 5.56 Å². The quantitative estimate of drug-likeness (QED) is 0.683. The van der Waals surface area contributed by atoms with Crippen molar-refractivity contribution in [3.05, 3.63) is 35.9 Å². The molecule has 0 heterocycles. The van der Waals surface area contributed by atoms with Crippen molar-refractivity contribution in [3.8, 4) is 0 Å². The van der Waals surface area contributed by atoms with E-state index < -0.39 is 12.0 Å². The number of carboxylic acid groups (broad SMARTS) is 1. The van der Waals surface area contributed by atoms with Gasteiger partial charge < -0.3 is 9.94 Å². The molecule has 0 fully saturated rings. The first-order chi connectivity index (χ1) is 6.74. The van der Waals surface area contributed by atoms with Crippen LogP contribution in [-0.2, 0) is 16.1 Å². The first-order valence-corrected chi connectivity index (χ1v) is 4.29. The first kappa shape index (κ1) is 10.7. The molecule has 0 aliphatic heterocycles. The third-order valence-corrected chi connectivity index (χ3v) is 1.84. The van der Waals surface area contributed by atoms with E-state index in [1.165, 1.54) is 7.11 Å². The molecule has 2 N–H and O–H groups in total. The van der Waals surface area contributed by atoms with Gasteiger partial charge in [0.25, 0.3) is 0 Å². The maximum atomic E-state index is 10.8. The summed E-state index contributed by atoms with van der Waals surface area (Å²) < 4.78 is 0. The second-order valence-corrected chi connectivity index (χ2v) is 2.90. The Kier molecular flexibility index (Phi) is 4.10. The number of nitrogens with one attached hydrogen (secondary N) is 1. The number of aliphatic carboxylic acids is 1. The lowest BCUT2D eigenvalue weighted by Gasteiger charge is -2.12. The second-order valence-electron chi connectivity index (χ2n) is 2.90. The van der Waals surface area contributed by atoms with E-state index in [1.807, 2.05) is 30.3 Å². The van der Waals surface area contributed by atoms with Crippen molar-refractivity contribution >= 4 is 5.97 Å². The van der Waals surface area contributed by atoms with Gasteiger partial charge in [0.1, 0.15) is 6.04 Å². The molecule has 76 valence electrons. The van der Waals surface area contributed by atoms with E-state index in [1.54, 1.807) is 0 Å². The topological polar surface area (TPSA) is 58.6 Å². The lowest BCUT2D eigenvalue weighted by atomic mass is 10.1. The van der Waals surface area contributed by atoms with Gasteiger partial charge in [-0.1, -0.05) is 30.3 Å². The molecule has 0 aliphatic carbocycles. The molecular formula is C10H13NO3. The maximum Gasteiger partial charge on any atom is 0.323 e. The normalized spacial score (nSPS) is 12.4. The standard InChI is InChI=1S/C10H13NO3/c1-14-11-9(10(12)13)7-8-5-3-2-4-6-8/h2-6,9,11H,7H2,1H3,(H,12,13)/t9-/m1/s1. The summed E-state index contributed by atoms with van der Waals surface area (Å²) in [6, 6.07) is 8.70. The minimum absolute atomic E-state index is 0.407. The van der Waals surface area contributed by atoms with Gasteiger partial charge in [0, 0.05) is 6.42 Å². The molecule has 0 radical (unpaired) electrons. The summed E-state index contributed by atoms with van der Waals surface area (Å²) in [5, 5.41) is 8.82. The van der Waals surface area contributed by atoms with Gasteiger partial charge in [0.05, 0.1) is 7.11 Å². The number of hydrogen-bond donors (Lipinski definition) is 2. The monoisotopic (exact) mass is 195 g/mol. The zero-order chi connectivity index (χ0) is 10.4. The number of benzene rings is 1. The van der Waals surface area contributed by atoms with Crippen LogP contribution < -0.4 is 5.48 Å². The minimum atomic E-state index is -0.921. The molecule has 1 rings (SSSR count). The molecule has 0 aromatic heterocycles. The Morgan fingerprint density at radius 1 is 1.50 bits per heavy atom. The molecule has 0 amide bonds. The number of carbonyl (C=O) groups is 1. The van der Waals surface area contributed by atoms with Crippen molar-refractivity contribution in [1.29, 1.82) is 0 Å². The average Bonchev–Trinajstić information content (AvgIpc) is 2.18. The molecule has 0 unspecified atom stereocenters. The van der Waals surface area contributed by atoms with Crippen LogP contribution >= 0.6 is 0 Å². The third kappa shape index (κ3) is 3.16. The zero-order valence-corrected chi connectivity index (χ0v) is 7.93. The van der Waals surface area contributed by atoms with Crippen molar-refractivity contribution in [1.82, 2.24) is 5.48 Å². The van der Waals surface area contributed by atoms with E-state index >= 15 is 0 Å². The van der Waals surface area contributed by atoms with Gasteiger partial charge in [-0.3, -0.25) is 4.79 Å². The van der Waals surface area contributed by atoms with Gasteiger partial charge >= 0.3 is 5.97 Å². The Hall–Kier alpha value is -1.39. The van der Waals surface area contributed by atoms with Crippen LogP contribution in [0, 0.1) is 0 Å². The highest BCUT2D eigenvalue weighted by Crippen LogP contribution is 2.03. The van der Waals surface area contributed by atoms with Crippen molar-refractivity contribution < 1.29 is 14.7 Å². The smallest absolute Gasteiger partial charge is 0.323 e. The molecule has 1 aromatic carbocycles. The summed E-state index contributed by atoms with van der Waals surface area (Å²) in [5.41, 5.74) is 3.39. The number of carboxylic acids is 1. The van der Waals surface area contributed by atoms with Crippen LogP contribution in [0.25, 0.3) is 0 Å². The maximum absolute atomic E-state index is 10.8. The fourth-order valence-electron chi connectivity index (χ4n) is 1.17. The minimum Gasteiger partial charge on any atom is -0.480 e. The summed E-state index contributed by atoms with van der Waals surface area (Å²) in [6.45, 7) is 0. The SMILES string of the molecule is CON[C@H](Cc1ccccc1)C(=O)O. The molecule has 4 nitrogen and oxygen atoms in total. The van der Waals surface area contributed by atoms with E-state index in [0.29, 0.717) is 6.42 Å². The van der Waals surface area contributed by atoms with Crippen LogP contribution in [0.2, 0.25) is 0 Å². The molecule has 0 aliphatic rings. The Balaban J connectivity index is 2.60. The highest BCUT2D eigenvalue weighted by Gasteiger charge is 2.16. The number of rotatable bonds is 5. The van der Waals surface area contributed by atoms with Crippen molar-refractivity contribution in [2.24, 2.45) is 0 Å². The molecule has 0 saturated carbocycles. The van der Waals surface area contributed by atoms with Crippen molar-refractivity contribution in [3.63, 3.8) is 0 Å². The van der Waals surface area contributed by atoms with Crippen molar-refractivity contribution in [2.45, 2.75) is 12.5 Å². The molecule has 0 bridgehead atoms. The van der Waals surface area contributed by atoms with Crippen LogP contribution in [0.3, 0.4) is 0 Å². The molecule has 1 atom stereocenters. The van der Waals surface area contributed by atoms with Gasteiger partial charge in [-0.25, -0.2) is 0 Å². The molecule has 0 spiro atoms. The molecule has 4 heteroatoms. The van der Waals surface area contributed by atoms with E-state index in [-0.39, 0.29) is 0 Å². The molecular weight excluding hydrogens is 182 g/mol. The Bertz CT molecular complexity index is 287. The van der Waals surface area contributed by atoms with Gasteiger partial charge in [0.15, 0.2) is 0 Å². The lowest BCUT2D eigenvalue weighted by Crippen LogP contribution is -2.37. The van der Waals surface area contributed by atoms with Crippen LogP contribution in [0.15, 0.2) is 30.3 Å². The van der Waals surface area contributed by atoms with E-state index in [4.69, 9.17) is 5.11 Å². The average molecular weight is 195 g/mol. The summed E-state index contributed by atoms with van der Waals surface area (Å²) in [7, 11) is 1.40. The van der Waals surface area contributed by atoms with Crippen LogP contribution in [0.5, 0.6) is 0 Å². The molecule has 14 heavy (non-hydrogen) atoms. The molecule has 1 aromatic rings. The number of hydrogen-bond acceptors (Lipinski definition) is 3. The predicted molar refractivity (Wildman–Crippen MR) is 51.7 cm³/mol. The van der Waals surface area contributed by atoms with Crippen molar-refractivity contribution in [2.75, 3.05) is 7.11 Å². The fraction of sp³-hybridized carbons (Fsp3) is 0.300. The Morgan fingerprint density at radius 2 is 2.14 bits per heavy atom. The zero-order valence-electron chi connectivity index (χ0n) is 7.93. The summed E-state index contributed by atoms with van der Waals surface area (Å²) in [4.78, 5) is 15.4. The Morgan fingerprint density at radius 3 is 2.64 bits per heavy atom. The van der Waals surface area contributed by atoms with Gasteiger partial charge in [0.2, 0.25) is 0 Å². The molecule has 0 saturated heterocycles. The van der Waals surface area contributed by atoms with Gasteiger partial charge in [-0.05, 0) is 5.56 Å². The highest BCUT2D eigenvalue weighted by atomic mass is 16.6. The summed E-state index contributed by atoms with van der Waals surface area (Å²) in [5.74, 6) is -0.921. The Labute approximate surface area is 82.5 Å². The van der Waals surface area contributed by atoms with Crippen LogP contribution in [0.4, 0.5) is 0 Å². The third-order valence-electron chi connectivity index (χ3n) is 1.84. The summed E-state index contributed by atoms with van der Waals surface area (Å²) >= 11 is 0. The van der Waals surface area contributed by atoms with Gasteiger partial charge in [-0.15, -0.1) is 0 Å². The fourth-order valence-corrected chi connectivity index (χ4v) is 1.17. The van der Waals surface area contributed by atoms with Crippen LogP contribution in [-0.4, -0.2) is 24.2 Å². The second kappa shape index (κ2) is 5.36. The van der Waals surface area contributed by atoms with Crippen LogP contribution in [0.1, 0.15) is 5.56 Å². The number of hydroxylamine groups is 1. The lowest BCUT2D eigenvalue weighted by molar-refractivity contribution is -0.143.